The van der Waals surface area contributed by atoms with E-state index in [-0.39, 0.29) is 4.91 Å². The molecule has 0 unspecified atom stereocenters. The maximum atomic E-state index is 11.3. The molecule has 1 saturated heterocycles. The van der Waals surface area contributed by atoms with Crippen LogP contribution >= 0.6 is 0 Å². The van der Waals surface area contributed by atoms with E-state index in [4.69, 9.17) is 0 Å². The molecule has 17 heavy (non-hydrogen) atoms. The molecule has 0 spiro atoms. The van der Waals surface area contributed by atoms with Crippen LogP contribution in [-0.4, -0.2) is 31.8 Å². The number of fused-ring (bicyclic) bond motifs is 2. The minimum atomic E-state index is -4.19. The van der Waals surface area contributed by atoms with Gasteiger partial charge in [0.25, 0.3) is 10.1 Å². The number of allylic oxidation sites excluding steroid dienone is 3. The Morgan fingerprint density at radius 1 is 1.35 bits per heavy atom. The van der Waals surface area contributed by atoms with Crippen LogP contribution in [0.2, 0.25) is 0 Å². The van der Waals surface area contributed by atoms with Gasteiger partial charge in [-0.1, -0.05) is 6.08 Å². The average Bonchev–Trinajstić information content (AvgIpc) is 2.65. The Kier molecular flexibility index (Phi) is 2.32. The molecule has 0 radical (unpaired) electrons. The fourth-order valence-electron chi connectivity index (χ4n) is 2.42. The Labute approximate surface area is 99.4 Å². The van der Waals surface area contributed by atoms with Crippen LogP contribution in [0.5, 0.6) is 0 Å². The highest BCUT2D eigenvalue weighted by atomic mass is 32.2. The van der Waals surface area contributed by atoms with Crippen molar-refractivity contribution in [3.63, 3.8) is 0 Å². The van der Waals surface area contributed by atoms with Gasteiger partial charge in [-0.3, -0.25) is 9.55 Å². The van der Waals surface area contributed by atoms with E-state index in [1.54, 1.807) is 6.08 Å². The predicted molar refractivity (Wildman–Crippen MR) is 64.3 cm³/mol. The molecule has 2 heterocycles. The van der Waals surface area contributed by atoms with Crippen LogP contribution in [-0.2, 0) is 10.1 Å². The quantitative estimate of drug-likeness (QED) is 0.676. The van der Waals surface area contributed by atoms with Gasteiger partial charge < -0.3 is 5.32 Å². The summed E-state index contributed by atoms with van der Waals surface area (Å²) in [5.74, 6) is 0. The van der Waals surface area contributed by atoms with E-state index in [0.29, 0.717) is 12.1 Å². The molecule has 0 bridgehead atoms. The molecule has 5 nitrogen and oxygen atoms in total. The van der Waals surface area contributed by atoms with Crippen LogP contribution in [0.15, 0.2) is 38.9 Å². The SMILES string of the molecule is O=S(=O)(O)C1=C2N=C3CCNCC3=C2CC=C1. The summed E-state index contributed by atoms with van der Waals surface area (Å²) in [6.07, 6.45) is 4.67. The first kappa shape index (κ1) is 10.9. The maximum Gasteiger partial charge on any atom is 0.296 e. The first-order chi connectivity index (χ1) is 8.07. The number of hydrogen-bond acceptors (Lipinski definition) is 4. The third-order valence-electron chi connectivity index (χ3n) is 3.19. The Balaban J connectivity index is 2.22. The summed E-state index contributed by atoms with van der Waals surface area (Å²) in [6, 6.07) is 0. The standard InChI is InChI=1S/C11H12N2O3S/c14-17(15,16)10-3-1-2-7-8-6-12-5-4-9(8)13-11(7)10/h1,3,12H,2,4-6H2,(H,14,15,16). The zero-order chi connectivity index (χ0) is 12.0. The Morgan fingerprint density at radius 3 is 2.94 bits per heavy atom. The van der Waals surface area contributed by atoms with Crippen molar-refractivity contribution in [3.8, 4) is 0 Å². The van der Waals surface area contributed by atoms with E-state index >= 15 is 0 Å². The maximum absolute atomic E-state index is 11.3. The van der Waals surface area contributed by atoms with Gasteiger partial charge in [-0.15, -0.1) is 0 Å². The minimum absolute atomic E-state index is 0.0758. The summed E-state index contributed by atoms with van der Waals surface area (Å²) in [5.41, 5.74) is 3.42. The van der Waals surface area contributed by atoms with E-state index in [1.807, 2.05) is 0 Å². The van der Waals surface area contributed by atoms with Crippen LogP contribution in [0.3, 0.4) is 0 Å². The van der Waals surface area contributed by atoms with Gasteiger partial charge in [0, 0.05) is 25.2 Å². The molecule has 0 aromatic carbocycles. The van der Waals surface area contributed by atoms with Crippen molar-refractivity contribution in [2.24, 2.45) is 4.99 Å². The summed E-state index contributed by atoms with van der Waals surface area (Å²) in [6.45, 7) is 1.59. The third-order valence-corrected chi connectivity index (χ3v) is 4.07. The number of nitrogens with one attached hydrogen (secondary N) is 1. The monoisotopic (exact) mass is 252 g/mol. The van der Waals surface area contributed by atoms with E-state index in [9.17, 15) is 13.0 Å². The largest absolute Gasteiger partial charge is 0.312 e. The lowest BCUT2D eigenvalue weighted by Crippen LogP contribution is -2.29. The number of aliphatic imine (C=N–C) groups is 1. The Morgan fingerprint density at radius 2 is 2.18 bits per heavy atom. The van der Waals surface area contributed by atoms with Crippen LogP contribution in [0.4, 0.5) is 0 Å². The molecule has 0 amide bonds. The van der Waals surface area contributed by atoms with Gasteiger partial charge in [0.1, 0.15) is 4.91 Å². The highest BCUT2D eigenvalue weighted by molar-refractivity contribution is 7.90. The zero-order valence-corrected chi connectivity index (χ0v) is 9.92. The molecule has 1 aliphatic carbocycles. The summed E-state index contributed by atoms with van der Waals surface area (Å²) < 4.78 is 31.7. The molecule has 0 aromatic heterocycles. The van der Waals surface area contributed by atoms with Crippen molar-refractivity contribution >= 4 is 15.8 Å². The molecule has 2 N–H and O–H groups in total. The van der Waals surface area contributed by atoms with Crippen LogP contribution in [0.25, 0.3) is 0 Å². The van der Waals surface area contributed by atoms with Crippen molar-refractivity contribution in [1.82, 2.24) is 5.32 Å². The molecule has 6 heteroatoms. The van der Waals surface area contributed by atoms with E-state index in [0.717, 1.165) is 36.4 Å². The molecule has 2 aliphatic heterocycles. The van der Waals surface area contributed by atoms with Crippen molar-refractivity contribution in [2.75, 3.05) is 13.1 Å². The Hall–Kier alpha value is -1.24. The summed E-state index contributed by atoms with van der Waals surface area (Å²) >= 11 is 0. The smallest absolute Gasteiger partial charge is 0.296 e. The van der Waals surface area contributed by atoms with Crippen LogP contribution in [0.1, 0.15) is 12.8 Å². The van der Waals surface area contributed by atoms with Crippen molar-refractivity contribution in [3.05, 3.63) is 33.9 Å². The molecular weight excluding hydrogens is 240 g/mol. The van der Waals surface area contributed by atoms with Gasteiger partial charge in [-0.25, -0.2) is 0 Å². The fraction of sp³-hybridized carbons (Fsp3) is 0.364. The second-order valence-electron chi connectivity index (χ2n) is 4.24. The second-order valence-corrected chi connectivity index (χ2v) is 5.63. The van der Waals surface area contributed by atoms with E-state index < -0.39 is 10.1 Å². The normalized spacial score (nSPS) is 23.7. The minimum Gasteiger partial charge on any atom is -0.312 e. The van der Waals surface area contributed by atoms with Crippen molar-refractivity contribution in [1.29, 1.82) is 0 Å². The molecular formula is C11H12N2O3S. The lowest BCUT2D eigenvalue weighted by Gasteiger charge is -2.16. The fourth-order valence-corrected chi connectivity index (χ4v) is 3.10. The molecule has 0 atom stereocenters. The molecule has 0 saturated carbocycles. The van der Waals surface area contributed by atoms with Gasteiger partial charge in [-0.05, 0) is 23.6 Å². The van der Waals surface area contributed by atoms with Crippen LogP contribution in [0, 0.1) is 0 Å². The van der Waals surface area contributed by atoms with Gasteiger partial charge >= 0.3 is 0 Å². The molecule has 0 aromatic rings. The summed E-state index contributed by atoms with van der Waals surface area (Å²) in [4.78, 5) is 4.30. The van der Waals surface area contributed by atoms with Gasteiger partial charge in [0.15, 0.2) is 0 Å². The van der Waals surface area contributed by atoms with Crippen molar-refractivity contribution < 1.29 is 13.0 Å². The zero-order valence-electron chi connectivity index (χ0n) is 9.10. The summed E-state index contributed by atoms with van der Waals surface area (Å²) in [7, 11) is -4.19. The molecule has 3 rings (SSSR count). The second kappa shape index (κ2) is 3.63. The van der Waals surface area contributed by atoms with E-state index in [2.05, 4.69) is 10.3 Å². The number of piperidine rings is 1. The van der Waals surface area contributed by atoms with Gasteiger partial charge in [-0.2, -0.15) is 8.42 Å². The highest BCUT2D eigenvalue weighted by Gasteiger charge is 2.31. The number of nitrogens with zero attached hydrogens (tertiary/aromatic N) is 1. The average molecular weight is 252 g/mol. The Bertz CT molecular complexity index is 609. The molecule has 3 aliphatic rings. The number of rotatable bonds is 1. The molecule has 1 fully saturated rings. The third kappa shape index (κ3) is 1.69. The number of hydrogen-bond donors (Lipinski definition) is 2. The first-order valence-electron chi connectivity index (χ1n) is 5.47. The first-order valence-corrected chi connectivity index (χ1v) is 6.91. The van der Waals surface area contributed by atoms with Crippen molar-refractivity contribution in [2.45, 2.75) is 12.8 Å². The lowest BCUT2D eigenvalue weighted by molar-refractivity contribution is 0.491. The van der Waals surface area contributed by atoms with Gasteiger partial charge in [0.2, 0.25) is 0 Å². The van der Waals surface area contributed by atoms with Crippen LogP contribution < -0.4 is 5.32 Å². The summed E-state index contributed by atoms with van der Waals surface area (Å²) in [5, 5.41) is 3.25. The lowest BCUT2D eigenvalue weighted by atomic mass is 9.96. The predicted octanol–water partition coefficient (Wildman–Crippen LogP) is 0.790. The van der Waals surface area contributed by atoms with Gasteiger partial charge in [0.05, 0.1) is 5.70 Å². The van der Waals surface area contributed by atoms with E-state index in [1.165, 1.54) is 6.08 Å². The topological polar surface area (TPSA) is 78.8 Å². The molecule has 90 valence electrons. The highest BCUT2D eigenvalue weighted by Crippen LogP contribution is 2.37.